The number of fused-ring (bicyclic) bond motifs is 1. The van der Waals surface area contributed by atoms with Crippen LogP contribution in [-0.2, 0) is 11.3 Å². The third kappa shape index (κ3) is 3.15. The number of hydrogen-bond acceptors (Lipinski definition) is 5. The van der Waals surface area contributed by atoms with E-state index in [0.717, 1.165) is 51.4 Å². The van der Waals surface area contributed by atoms with E-state index in [0.29, 0.717) is 17.7 Å². The van der Waals surface area contributed by atoms with Crippen LogP contribution in [0.1, 0.15) is 34.1 Å². The normalized spacial score (nSPS) is 20.3. The molecule has 2 aliphatic rings. The molecule has 6 nitrogen and oxygen atoms in total. The van der Waals surface area contributed by atoms with E-state index >= 15 is 0 Å². The molecular formula is C16H23N3O3. The molecule has 1 fully saturated rings. The zero-order valence-electron chi connectivity index (χ0n) is 12.7. The monoisotopic (exact) mass is 305 g/mol. The molecule has 1 aromatic rings. The molecule has 3 N–H and O–H groups in total. The molecule has 3 rings (SSSR count). The first kappa shape index (κ1) is 15.4. The number of ether oxygens (including phenoxy) is 1. The van der Waals surface area contributed by atoms with Crippen molar-refractivity contribution in [3.8, 4) is 0 Å². The zero-order valence-corrected chi connectivity index (χ0v) is 12.7. The Morgan fingerprint density at radius 2 is 2.05 bits per heavy atom. The molecule has 1 aromatic carbocycles. The minimum atomic E-state index is -1.10. The van der Waals surface area contributed by atoms with Gasteiger partial charge < -0.3 is 20.5 Å². The van der Waals surface area contributed by atoms with Crippen LogP contribution in [0.3, 0.4) is 0 Å². The van der Waals surface area contributed by atoms with Gasteiger partial charge in [-0.2, -0.15) is 0 Å². The Kier molecular flexibility index (Phi) is 4.73. The molecule has 2 heterocycles. The third-order valence-corrected chi connectivity index (χ3v) is 4.37. The summed E-state index contributed by atoms with van der Waals surface area (Å²) in [5, 5.41) is 9.63. The Morgan fingerprint density at radius 1 is 1.27 bits per heavy atom. The highest BCUT2D eigenvalue weighted by atomic mass is 16.5. The molecule has 1 unspecified atom stereocenters. The van der Waals surface area contributed by atoms with Gasteiger partial charge in [-0.3, -0.25) is 9.69 Å². The van der Waals surface area contributed by atoms with Gasteiger partial charge >= 0.3 is 0 Å². The van der Waals surface area contributed by atoms with Gasteiger partial charge in [0.2, 0.25) is 0 Å². The van der Waals surface area contributed by atoms with E-state index in [4.69, 9.17) is 10.5 Å². The van der Waals surface area contributed by atoms with Gasteiger partial charge in [0, 0.05) is 38.3 Å². The fourth-order valence-corrected chi connectivity index (χ4v) is 3.19. The molecule has 0 saturated carbocycles. The van der Waals surface area contributed by atoms with E-state index in [1.165, 1.54) is 0 Å². The molecule has 0 spiro atoms. The predicted octanol–water partition coefficient (Wildman–Crippen LogP) is 0.314. The van der Waals surface area contributed by atoms with Crippen molar-refractivity contribution in [1.82, 2.24) is 9.80 Å². The second-order valence-electron chi connectivity index (χ2n) is 5.86. The molecule has 0 aromatic heterocycles. The Balaban J connectivity index is 1.58. The van der Waals surface area contributed by atoms with Gasteiger partial charge in [-0.15, -0.1) is 0 Å². The van der Waals surface area contributed by atoms with E-state index in [9.17, 15) is 9.90 Å². The van der Waals surface area contributed by atoms with Crippen LogP contribution in [0.15, 0.2) is 18.2 Å². The Bertz CT molecular complexity index is 541. The Labute approximate surface area is 130 Å². The lowest BCUT2D eigenvalue weighted by Crippen LogP contribution is -2.38. The number of rotatable bonds is 5. The van der Waals surface area contributed by atoms with Crippen LogP contribution in [0.5, 0.6) is 0 Å². The topological polar surface area (TPSA) is 79.0 Å². The second-order valence-corrected chi connectivity index (χ2v) is 5.86. The van der Waals surface area contributed by atoms with Gasteiger partial charge in [0.1, 0.15) is 6.23 Å². The second kappa shape index (κ2) is 6.75. The minimum Gasteiger partial charge on any atom is -0.379 e. The number of amides is 1. The summed E-state index contributed by atoms with van der Waals surface area (Å²) >= 11 is 0. The van der Waals surface area contributed by atoms with Crippen molar-refractivity contribution in [2.75, 3.05) is 39.4 Å². The minimum absolute atomic E-state index is 0.0166. The van der Waals surface area contributed by atoms with Gasteiger partial charge in [0.15, 0.2) is 0 Å². The van der Waals surface area contributed by atoms with E-state index < -0.39 is 6.23 Å². The SMILES string of the molecule is NC(O)c1cccc2c1C(=O)N(CCCN1CCOCC1)C2. The molecule has 0 bridgehead atoms. The average Bonchev–Trinajstić information content (AvgIpc) is 2.85. The van der Waals surface area contributed by atoms with Crippen LogP contribution in [0.4, 0.5) is 0 Å². The molecule has 0 radical (unpaired) electrons. The summed E-state index contributed by atoms with van der Waals surface area (Å²) in [6.07, 6.45) is -0.160. The molecule has 6 heteroatoms. The summed E-state index contributed by atoms with van der Waals surface area (Å²) < 4.78 is 5.33. The van der Waals surface area contributed by atoms with Crippen molar-refractivity contribution in [2.45, 2.75) is 19.2 Å². The Morgan fingerprint density at radius 3 is 2.77 bits per heavy atom. The number of aliphatic hydroxyl groups is 1. The number of morpholine rings is 1. The summed E-state index contributed by atoms with van der Waals surface area (Å²) in [4.78, 5) is 16.7. The highest BCUT2D eigenvalue weighted by Crippen LogP contribution is 2.28. The van der Waals surface area contributed by atoms with Crippen LogP contribution in [-0.4, -0.2) is 60.2 Å². The third-order valence-electron chi connectivity index (χ3n) is 4.37. The van der Waals surface area contributed by atoms with E-state index in [2.05, 4.69) is 4.90 Å². The number of benzene rings is 1. The molecule has 2 aliphatic heterocycles. The van der Waals surface area contributed by atoms with Crippen molar-refractivity contribution in [2.24, 2.45) is 5.73 Å². The molecule has 1 saturated heterocycles. The van der Waals surface area contributed by atoms with Gasteiger partial charge in [0.25, 0.3) is 5.91 Å². The van der Waals surface area contributed by atoms with Crippen molar-refractivity contribution >= 4 is 5.91 Å². The van der Waals surface area contributed by atoms with Gasteiger partial charge in [0.05, 0.1) is 18.8 Å². The molecule has 1 atom stereocenters. The van der Waals surface area contributed by atoms with Crippen LogP contribution in [0, 0.1) is 0 Å². The lowest BCUT2D eigenvalue weighted by atomic mass is 10.0. The predicted molar refractivity (Wildman–Crippen MR) is 82.2 cm³/mol. The Hall–Kier alpha value is -1.47. The van der Waals surface area contributed by atoms with Crippen LogP contribution >= 0.6 is 0 Å². The van der Waals surface area contributed by atoms with Gasteiger partial charge in [-0.25, -0.2) is 0 Å². The standard InChI is InChI=1S/C16H23N3O3/c17-15(20)13-4-1-3-12-11-19(16(21)14(12)13)6-2-5-18-7-9-22-10-8-18/h1,3-4,15,20H,2,5-11,17H2. The maximum Gasteiger partial charge on any atom is 0.254 e. The quantitative estimate of drug-likeness (QED) is 0.766. The average molecular weight is 305 g/mol. The van der Waals surface area contributed by atoms with Crippen molar-refractivity contribution in [3.05, 3.63) is 34.9 Å². The lowest BCUT2D eigenvalue weighted by Gasteiger charge is -2.27. The number of carbonyl (C=O) groups excluding carboxylic acids is 1. The first-order valence-corrected chi connectivity index (χ1v) is 7.81. The summed E-state index contributed by atoms with van der Waals surface area (Å²) in [6, 6.07) is 5.49. The van der Waals surface area contributed by atoms with Crippen molar-refractivity contribution in [1.29, 1.82) is 0 Å². The number of aliphatic hydroxyl groups excluding tert-OH is 1. The van der Waals surface area contributed by atoms with Crippen LogP contribution in [0.25, 0.3) is 0 Å². The van der Waals surface area contributed by atoms with Gasteiger partial charge in [-0.1, -0.05) is 18.2 Å². The molecule has 0 aliphatic carbocycles. The number of carbonyl (C=O) groups is 1. The lowest BCUT2D eigenvalue weighted by molar-refractivity contribution is 0.0358. The van der Waals surface area contributed by atoms with Crippen LogP contribution < -0.4 is 5.73 Å². The molecule has 120 valence electrons. The summed E-state index contributed by atoms with van der Waals surface area (Å²) in [5.74, 6) is -0.0166. The number of nitrogens with two attached hydrogens (primary N) is 1. The van der Waals surface area contributed by atoms with Crippen molar-refractivity contribution < 1.29 is 14.6 Å². The fourth-order valence-electron chi connectivity index (χ4n) is 3.19. The van der Waals surface area contributed by atoms with Crippen LogP contribution in [0.2, 0.25) is 0 Å². The largest absolute Gasteiger partial charge is 0.379 e. The molecular weight excluding hydrogens is 282 g/mol. The highest BCUT2D eigenvalue weighted by Gasteiger charge is 2.30. The van der Waals surface area contributed by atoms with E-state index in [-0.39, 0.29) is 5.91 Å². The highest BCUT2D eigenvalue weighted by molar-refractivity contribution is 5.99. The summed E-state index contributed by atoms with van der Waals surface area (Å²) in [5.41, 5.74) is 7.63. The molecule has 22 heavy (non-hydrogen) atoms. The smallest absolute Gasteiger partial charge is 0.254 e. The summed E-state index contributed by atoms with van der Waals surface area (Å²) in [6.45, 7) is 5.85. The summed E-state index contributed by atoms with van der Waals surface area (Å²) in [7, 11) is 0. The fraction of sp³-hybridized carbons (Fsp3) is 0.562. The van der Waals surface area contributed by atoms with Crippen molar-refractivity contribution in [3.63, 3.8) is 0 Å². The maximum atomic E-state index is 12.5. The van der Waals surface area contributed by atoms with E-state index in [1.54, 1.807) is 6.07 Å². The van der Waals surface area contributed by atoms with E-state index in [1.807, 2.05) is 17.0 Å². The number of nitrogens with zero attached hydrogens (tertiary/aromatic N) is 2. The van der Waals surface area contributed by atoms with Gasteiger partial charge in [-0.05, 0) is 12.0 Å². The maximum absolute atomic E-state index is 12.5. The first-order valence-electron chi connectivity index (χ1n) is 7.81. The number of hydrogen-bond donors (Lipinski definition) is 2. The molecule has 1 amide bonds. The zero-order chi connectivity index (χ0) is 15.5. The first-order chi connectivity index (χ1) is 10.7.